The lowest BCUT2D eigenvalue weighted by atomic mass is 9.99. The maximum atomic E-state index is 13.4. The largest absolute Gasteiger partial charge is 0.508 e. The summed E-state index contributed by atoms with van der Waals surface area (Å²) in [5, 5.41) is 15.7. The molecule has 4 amide bonds. The van der Waals surface area contributed by atoms with Gasteiger partial charge in [-0.15, -0.1) is 6.58 Å². The van der Waals surface area contributed by atoms with Gasteiger partial charge in [-0.05, 0) is 23.3 Å². The number of amides is 4. The van der Waals surface area contributed by atoms with Crippen LogP contribution in [-0.4, -0.2) is 81.7 Å². The minimum Gasteiger partial charge on any atom is -0.508 e. The molecule has 2 saturated heterocycles. The molecule has 0 aliphatic carbocycles. The number of likely N-dealkylation sites (N-methyl/N-ethyl adjacent to an activating group) is 1. The predicted molar refractivity (Wildman–Crippen MR) is 126 cm³/mol. The summed E-state index contributed by atoms with van der Waals surface area (Å²) in [4.78, 5) is 42.9. The first kappa shape index (κ1) is 23.3. The van der Waals surface area contributed by atoms with Crippen LogP contribution in [-0.2, 0) is 22.6 Å². The molecule has 0 radical (unpaired) electrons. The molecular weight excluding hydrogens is 434 g/mol. The Hall–Kier alpha value is -3.85. The molecule has 2 fully saturated rings. The van der Waals surface area contributed by atoms with Crippen LogP contribution in [0.25, 0.3) is 0 Å². The second-order valence-electron chi connectivity index (χ2n) is 8.51. The molecule has 2 atom stereocenters. The van der Waals surface area contributed by atoms with E-state index >= 15 is 0 Å². The Labute approximate surface area is 198 Å². The molecule has 2 N–H and O–H groups in total. The van der Waals surface area contributed by atoms with Crippen molar-refractivity contribution in [3.8, 4) is 5.75 Å². The molecule has 2 heterocycles. The second-order valence-corrected chi connectivity index (χ2v) is 8.51. The third kappa shape index (κ3) is 4.74. The van der Waals surface area contributed by atoms with Gasteiger partial charge in [0, 0.05) is 26.6 Å². The van der Waals surface area contributed by atoms with Crippen LogP contribution in [0.15, 0.2) is 67.3 Å². The van der Waals surface area contributed by atoms with E-state index in [-0.39, 0.29) is 43.1 Å². The zero-order valence-corrected chi connectivity index (χ0v) is 19.1. The molecule has 2 aliphatic rings. The average Bonchev–Trinajstić information content (AvgIpc) is 2.82. The highest BCUT2D eigenvalue weighted by atomic mass is 16.3. The highest BCUT2D eigenvalue weighted by Crippen LogP contribution is 2.28. The molecule has 4 rings (SSSR count). The van der Waals surface area contributed by atoms with Gasteiger partial charge in [0.25, 0.3) is 0 Å². The summed E-state index contributed by atoms with van der Waals surface area (Å²) in [5.74, 6) is -0.271. The van der Waals surface area contributed by atoms with Gasteiger partial charge in [0.15, 0.2) is 0 Å². The number of piperazine rings is 1. The van der Waals surface area contributed by atoms with Gasteiger partial charge in [-0.25, -0.2) is 14.8 Å². The molecule has 34 heavy (non-hydrogen) atoms. The van der Waals surface area contributed by atoms with Crippen molar-refractivity contribution < 1.29 is 19.5 Å². The smallest absolute Gasteiger partial charge is 0.334 e. The summed E-state index contributed by atoms with van der Waals surface area (Å²) in [7, 11) is 1.68. The monoisotopic (exact) mass is 463 g/mol. The first-order valence-corrected chi connectivity index (χ1v) is 11.2. The van der Waals surface area contributed by atoms with Crippen LogP contribution < -0.4 is 5.32 Å². The molecule has 0 spiro atoms. The van der Waals surface area contributed by atoms with Crippen LogP contribution in [0.1, 0.15) is 11.1 Å². The summed E-state index contributed by atoms with van der Waals surface area (Å²) >= 11 is 0. The Bertz CT molecular complexity index is 1060. The molecule has 0 saturated carbocycles. The number of nitrogens with one attached hydrogen (secondary N) is 1. The molecule has 9 nitrogen and oxygen atoms in total. The van der Waals surface area contributed by atoms with Crippen molar-refractivity contribution in [1.82, 2.24) is 25.1 Å². The maximum Gasteiger partial charge on any atom is 0.334 e. The van der Waals surface area contributed by atoms with Crippen molar-refractivity contribution in [3.05, 3.63) is 78.4 Å². The average molecular weight is 464 g/mol. The molecular formula is C25H29N5O4. The van der Waals surface area contributed by atoms with E-state index in [1.165, 1.54) is 4.90 Å². The fraction of sp³-hybridized carbons (Fsp3) is 0.320. The van der Waals surface area contributed by atoms with Crippen LogP contribution in [0.4, 0.5) is 4.79 Å². The Morgan fingerprint density at radius 2 is 1.82 bits per heavy atom. The number of urea groups is 1. The van der Waals surface area contributed by atoms with Crippen LogP contribution in [0.3, 0.4) is 0 Å². The number of rotatable bonds is 6. The van der Waals surface area contributed by atoms with E-state index < -0.39 is 12.2 Å². The van der Waals surface area contributed by atoms with Crippen molar-refractivity contribution in [2.24, 2.45) is 0 Å². The molecule has 0 aromatic heterocycles. The van der Waals surface area contributed by atoms with E-state index in [9.17, 15) is 19.5 Å². The third-order valence-corrected chi connectivity index (χ3v) is 6.15. The fourth-order valence-electron chi connectivity index (χ4n) is 4.50. The number of carbonyl (C=O) groups excluding carboxylic acids is 3. The van der Waals surface area contributed by atoms with E-state index in [0.717, 1.165) is 11.1 Å². The van der Waals surface area contributed by atoms with Crippen LogP contribution in [0.2, 0.25) is 0 Å². The van der Waals surface area contributed by atoms with Gasteiger partial charge < -0.3 is 20.2 Å². The number of hydrazine groups is 1. The fourth-order valence-corrected chi connectivity index (χ4v) is 4.50. The van der Waals surface area contributed by atoms with Crippen molar-refractivity contribution in [3.63, 3.8) is 0 Å². The van der Waals surface area contributed by atoms with Crippen molar-refractivity contribution >= 4 is 17.8 Å². The Balaban J connectivity index is 1.61. The number of benzene rings is 2. The van der Waals surface area contributed by atoms with E-state index in [1.54, 1.807) is 52.3 Å². The predicted octanol–water partition coefficient (Wildman–Crippen LogP) is 1.56. The minimum absolute atomic E-state index is 0.0374. The highest BCUT2D eigenvalue weighted by molar-refractivity contribution is 5.91. The minimum atomic E-state index is -0.754. The highest BCUT2D eigenvalue weighted by Gasteiger charge is 2.50. The normalized spacial score (nSPS) is 20.8. The summed E-state index contributed by atoms with van der Waals surface area (Å²) in [6.07, 6.45) is 1.28. The van der Waals surface area contributed by atoms with Gasteiger partial charge in [-0.3, -0.25) is 9.59 Å². The standard InChI is InChI=1S/C25H29N5O4/c1-3-13-28-17-23(32)29-21(14-18-9-11-20(31)12-10-18)24(33)27(2)16-22(29)30(28)25(34)26-15-19-7-5-4-6-8-19/h3-12,21-22,31H,1,13-17H2,2H3,(H,26,34)/t21-,22-/m0/s1. The molecule has 2 aliphatic heterocycles. The summed E-state index contributed by atoms with van der Waals surface area (Å²) in [6, 6.07) is 15.0. The lowest BCUT2D eigenvalue weighted by Gasteiger charge is -2.54. The first-order valence-electron chi connectivity index (χ1n) is 11.2. The zero-order valence-electron chi connectivity index (χ0n) is 19.1. The van der Waals surface area contributed by atoms with Gasteiger partial charge in [0.05, 0.1) is 13.1 Å². The van der Waals surface area contributed by atoms with Gasteiger partial charge >= 0.3 is 6.03 Å². The van der Waals surface area contributed by atoms with Crippen molar-refractivity contribution in [2.45, 2.75) is 25.2 Å². The van der Waals surface area contributed by atoms with Gasteiger partial charge in [-0.2, -0.15) is 0 Å². The second kappa shape index (κ2) is 9.96. The number of fused-ring (bicyclic) bond motifs is 1. The zero-order chi connectivity index (χ0) is 24.2. The van der Waals surface area contributed by atoms with E-state index in [2.05, 4.69) is 11.9 Å². The maximum absolute atomic E-state index is 13.4. The number of phenols is 1. The SMILES string of the molecule is C=CCN1CC(=O)N2[C@@H](Cc3ccc(O)cc3)C(=O)N(C)C[C@@H]2N1C(=O)NCc1ccccc1. The Morgan fingerprint density at radius 1 is 1.12 bits per heavy atom. The number of hydrogen-bond donors (Lipinski definition) is 2. The third-order valence-electron chi connectivity index (χ3n) is 6.15. The van der Waals surface area contributed by atoms with E-state index in [0.29, 0.717) is 13.1 Å². The molecule has 2 aromatic rings. The Morgan fingerprint density at radius 3 is 2.50 bits per heavy atom. The lowest BCUT2D eigenvalue weighted by molar-refractivity contribution is -0.187. The molecule has 0 bridgehead atoms. The number of hydrogen-bond acceptors (Lipinski definition) is 5. The molecule has 0 unspecified atom stereocenters. The summed E-state index contributed by atoms with van der Waals surface area (Å²) < 4.78 is 0. The topological polar surface area (TPSA) is 96.4 Å². The summed E-state index contributed by atoms with van der Waals surface area (Å²) in [5.41, 5.74) is 1.77. The number of aromatic hydroxyl groups is 1. The summed E-state index contributed by atoms with van der Waals surface area (Å²) in [6.45, 7) is 4.58. The first-order chi connectivity index (χ1) is 16.4. The molecule has 2 aromatic carbocycles. The quantitative estimate of drug-likeness (QED) is 0.634. The van der Waals surface area contributed by atoms with E-state index in [4.69, 9.17) is 0 Å². The molecule has 178 valence electrons. The molecule has 9 heteroatoms. The van der Waals surface area contributed by atoms with Gasteiger partial charge in [0.1, 0.15) is 18.0 Å². The van der Waals surface area contributed by atoms with Crippen LogP contribution >= 0.6 is 0 Å². The lowest BCUT2D eigenvalue weighted by Crippen LogP contribution is -2.76. The number of nitrogens with zero attached hydrogens (tertiary/aromatic N) is 4. The van der Waals surface area contributed by atoms with Crippen LogP contribution in [0, 0.1) is 0 Å². The van der Waals surface area contributed by atoms with Gasteiger partial charge in [0.2, 0.25) is 11.8 Å². The number of phenolic OH excluding ortho intramolecular Hbond substituents is 1. The Kier molecular flexibility index (Phi) is 6.83. The van der Waals surface area contributed by atoms with E-state index in [1.807, 2.05) is 30.3 Å². The van der Waals surface area contributed by atoms with Gasteiger partial charge in [-0.1, -0.05) is 48.5 Å². The van der Waals surface area contributed by atoms with Crippen molar-refractivity contribution in [2.75, 3.05) is 26.7 Å². The van der Waals surface area contributed by atoms with Crippen molar-refractivity contribution in [1.29, 1.82) is 0 Å². The van der Waals surface area contributed by atoms with Crippen LogP contribution in [0.5, 0.6) is 5.75 Å². The number of carbonyl (C=O) groups is 3.